The van der Waals surface area contributed by atoms with Crippen molar-refractivity contribution in [2.45, 2.75) is 45.4 Å². The monoisotopic (exact) mass is 331 g/mol. The minimum Gasteiger partial charge on any atom is -0.346 e. The third kappa shape index (κ3) is 6.05. The van der Waals surface area contributed by atoms with Crippen molar-refractivity contribution in [2.75, 3.05) is 46.3 Å². The topological polar surface area (TPSA) is 35.6 Å². The van der Waals surface area contributed by atoms with E-state index in [1.807, 2.05) is 11.9 Å². The van der Waals surface area contributed by atoms with Crippen LogP contribution in [0.2, 0.25) is 0 Å². The van der Waals surface area contributed by atoms with Crippen LogP contribution in [-0.4, -0.2) is 62.0 Å². The molecular weight excluding hydrogens is 298 g/mol. The maximum atomic E-state index is 12.4. The van der Waals surface area contributed by atoms with Gasteiger partial charge in [-0.3, -0.25) is 4.79 Å². The lowest BCUT2D eigenvalue weighted by Crippen LogP contribution is -2.44. The Labute approximate surface area is 142 Å². The number of unbranched alkanes of at least 4 members (excludes halogenated alkanes) is 1. The largest absolute Gasteiger partial charge is 0.346 e. The molecule has 0 unspecified atom stereocenters. The van der Waals surface area contributed by atoms with Crippen LogP contribution in [0.4, 0.5) is 0 Å². The lowest BCUT2D eigenvalue weighted by molar-refractivity contribution is -0.135. The second-order valence-corrected chi connectivity index (χ2v) is 6.88. The fourth-order valence-electron chi connectivity index (χ4n) is 3.61. The first-order chi connectivity index (χ1) is 10.2. The number of rotatable bonds is 6. The highest BCUT2D eigenvalue weighted by molar-refractivity contribution is 5.85. The Bertz CT molecular complexity index is 313. The van der Waals surface area contributed by atoms with Gasteiger partial charge in [0.15, 0.2) is 0 Å². The number of carbonyl (C=O) groups excluding carboxylic acids is 1. The molecule has 2 saturated heterocycles. The highest BCUT2D eigenvalue weighted by Gasteiger charge is 2.28. The number of hydrogen-bond donors (Lipinski definition) is 1. The van der Waals surface area contributed by atoms with Crippen LogP contribution in [-0.2, 0) is 4.79 Å². The smallest absolute Gasteiger partial charge is 0.225 e. The molecule has 0 saturated carbocycles. The van der Waals surface area contributed by atoms with E-state index in [4.69, 9.17) is 0 Å². The highest BCUT2D eigenvalue weighted by Crippen LogP contribution is 2.22. The van der Waals surface area contributed by atoms with Gasteiger partial charge in [0.25, 0.3) is 0 Å². The number of hydrogen-bond acceptors (Lipinski definition) is 3. The lowest BCUT2D eigenvalue weighted by Gasteiger charge is -2.36. The predicted octanol–water partition coefficient (Wildman–Crippen LogP) is 2.38. The first-order valence-corrected chi connectivity index (χ1v) is 8.88. The number of amides is 1. The molecule has 2 rings (SSSR count). The van der Waals surface area contributed by atoms with Crippen molar-refractivity contribution in [2.24, 2.45) is 11.8 Å². The van der Waals surface area contributed by atoms with Gasteiger partial charge in [0, 0.05) is 26.1 Å². The van der Waals surface area contributed by atoms with Crippen molar-refractivity contribution in [1.29, 1.82) is 0 Å². The third-order valence-corrected chi connectivity index (χ3v) is 5.14. The van der Waals surface area contributed by atoms with E-state index < -0.39 is 0 Å². The van der Waals surface area contributed by atoms with Crippen molar-refractivity contribution in [1.82, 2.24) is 15.1 Å². The molecule has 0 bridgehead atoms. The molecule has 0 aromatic heterocycles. The van der Waals surface area contributed by atoms with Gasteiger partial charge >= 0.3 is 0 Å². The summed E-state index contributed by atoms with van der Waals surface area (Å²) >= 11 is 0. The molecule has 22 heavy (non-hydrogen) atoms. The van der Waals surface area contributed by atoms with Gasteiger partial charge in [0.1, 0.15) is 0 Å². The average Bonchev–Trinajstić information content (AvgIpc) is 2.53. The highest BCUT2D eigenvalue weighted by atomic mass is 35.5. The first kappa shape index (κ1) is 19.7. The Morgan fingerprint density at radius 2 is 1.82 bits per heavy atom. The molecule has 0 aromatic carbocycles. The summed E-state index contributed by atoms with van der Waals surface area (Å²) in [4.78, 5) is 16.9. The van der Waals surface area contributed by atoms with E-state index in [1.165, 1.54) is 32.5 Å². The summed E-state index contributed by atoms with van der Waals surface area (Å²) in [5, 5.41) is 3.43. The molecule has 4 nitrogen and oxygen atoms in total. The number of nitrogens with one attached hydrogen (secondary N) is 1. The van der Waals surface area contributed by atoms with Gasteiger partial charge in [-0.15, -0.1) is 12.4 Å². The molecule has 5 heteroatoms. The van der Waals surface area contributed by atoms with Crippen LogP contribution in [0.3, 0.4) is 0 Å². The average molecular weight is 332 g/mol. The molecule has 130 valence electrons. The number of halogens is 1. The summed E-state index contributed by atoms with van der Waals surface area (Å²) in [5.74, 6) is 1.52. The van der Waals surface area contributed by atoms with Crippen LogP contribution < -0.4 is 5.32 Å². The van der Waals surface area contributed by atoms with E-state index in [2.05, 4.69) is 17.1 Å². The van der Waals surface area contributed by atoms with E-state index in [9.17, 15) is 4.79 Å². The van der Waals surface area contributed by atoms with Crippen LogP contribution >= 0.6 is 12.4 Å². The van der Waals surface area contributed by atoms with Gasteiger partial charge in [-0.1, -0.05) is 13.3 Å². The van der Waals surface area contributed by atoms with Crippen LogP contribution in [0.15, 0.2) is 0 Å². The quantitative estimate of drug-likeness (QED) is 0.811. The molecule has 0 spiro atoms. The molecular formula is C17H34ClN3O. The summed E-state index contributed by atoms with van der Waals surface area (Å²) in [6, 6.07) is 0. The Balaban J connectivity index is 0.00000242. The predicted molar refractivity (Wildman–Crippen MR) is 94.6 cm³/mol. The van der Waals surface area contributed by atoms with Gasteiger partial charge in [-0.05, 0) is 64.2 Å². The molecule has 0 atom stereocenters. The number of likely N-dealkylation sites (tertiary alicyclic amines) is 1. The van der Waals surface area contributed by atoms with Crippen molar-refractivity contribution < 1.29 is 4.79 Å². The normalized spacial score (nSPS) is 21.4. The third-order valence-electron chi connectivity index (χ3n) is 5.14. The van der Waals surface area contributed by atoms with Crippen LogP contribution in [0.25, 0.3) is 0 Å². The van der Waals surface area contributed by atoms with Gasteiger partial charge in [-0.25, -0.2) is 0 Å². The van der Waals surface area contributed by atoms with E-state index in [-0.39, 0.29) is 18.3 Å². The summed E-state index contributed by atoms with van der Waals surface area (Å²) in [6.07, 6.45) is 7.03. The maximum absolute atomic E-state index is 12.4. The molecule has 1 amide bonds. The van der Waals surface area contributed by atoms with Crippen molar-refractivity contribution >= 4 is 18.3 Å². The zero-order valence-corrected chi connectivity index (χ0v) is 15.2. The van der Waals surface area contributed by atoms with E-state index in [0.29, 0.717) is 5.91 Å². The van der Waals surface area contributed by atoms with E-state index in [0.717, 1.165) is 51.2 Å². The summed E-state index contributed by atoms with van der Waals surface area (Å²) in [5.41, 5.74) is 0. The zero-order valence-electron chi connectivity index (χ0n) is 14.4. The summed E-state index contributed by atoms with van der Waals surface area (Å²) < 4.78 is 0. The Morgan fingerprint density at radius 1 is 1.18 bits per heavy atom. The molecule has 0 aliphatic carbocycles. The van der Waals surface area contributed by atoms with Crippen molar-refractivity contribution in [3.8, 4) is 0 Å². The summed E-state index contributed by atoms with van der Waals surface area (Å²) in [7, 11) is 1.97. The maximum Gasteiger partial charge on any atom is 0.225 e. The van der Waals surface area contributed by atoms with Gasteiger partial charge < -0.3 is 15.1 Å². The molecule has 1 N–H and O–H groups in total. The zero-order chi connectivity index (χ0) is 15.1. The minimum atomic E-state index is 0. The minimum absolute atomic E-state index is 0. The van der Waals surface area contributed by atoms with Gasteiger partial charge in [0.05, 0.1) is 0 Å². The number of carbonyl (C=O) groups is 1. The van der Waals surface area contributed by atoms with Crippen LogP contribution in [0.5, 0.6) is 0 Å². The Kier molecular flexibility index (Phi) is 9.37. The second-order valence-electron chi connectivity index (χ2n) is 6.88. The van der Waals surface area contributed by atoms with Gasteiger partial charge in [-0.2, -0.15) is 0 Å². The van der Waals surface area contributed by atoms with Crippen LogP contribution in [0, 0.1) is 11.8 Å². The molecule has 2 fully saturated rings. The Hall–Kier alpha value is -0.320. The fourth-order valence-corrected chi connectivity index (χ4v) is 3.61. The van der Waals surface area contributed by atoms with Crippen molar-refractivity contribution in [3.05, 3.63) is 0 Å². The van der Waals surface area contributed by atoms with Gasteiger partial charge in [0.2, 0.25) is 5.91 Å². The van der Waals surface area contributed by atoms with Crippen molar-refractivity contribution in [3.63, 3.8) is 0 Å². The SMILES string of the molecule is CCCCN(C)C(=O)C1CCN(CC2CCNCC2)CC1.Cl. The number of nitrogens with zero attached hydrogens (tertiary/aromatic N) is 2. The summed E-state index contributed by atoms with van der Waals surface area (Å²) in [6.45, 7) is 8.93. The Morgan fingerprint density at radius 3 is 2.41 bits per heavy atom. The molecule has 0 aromatic rings. The van der Waals surface area contributed by atoms with E-state index >= 15 is 0 Å². The molecule has 2 aliphatic heterocycles. The second kappa shape index (κ2) is 10.5. The fraction of sp³-hybridized carbons (Fsp3) is 0.941. The lowest BCUT2D eigenvalue weighted by atomic mass is 9.92. The number of piperidine rings is 2. The first-order valence-electron chi connectivity index (χ1n) is 8.88. The molecule has 2 aliphatic rings. The molecule has 2 heterocycles. The van der Waals surface area contributed by atoms with E-state index in [1.54, 1.807) is 0 Å². The molecule has 0 radical (unpaired) electrons. The van der Waals surface area contributed by atoms with Crippen LogP contribution in [0.1, 0.15) is 45.4 Å². The standard InChI is InChI=1S/C17H33N3O.ClH/c1-3-4-11-19(2)17(21)16-7-12-20(13-8-16)14-15-5-9-18-10-6-15;/h15-16,18H,3-14H2,1-2H3;1H.